The van der Waals surface area contributed by atoms with E-state index in [1.807, 2.05) is 28.3 Å². The van der Waals surface area contributed by atoms with Crippen molar-refractivity contribution in [3.63, 3.8) is 0 Å². The molecule has 8 heteroatoms. The molecule has 0 amide bonds. The summed E-state index contributed by atoms with van der Waals surface area (Å²) in [5, 5.41) is 17.6. The molecule has 2 aliphatic rings. The smallest absolute Gasteiger partial charge is 0.0990 e. The van der Waals surface area contributed by atoms with Gasteiger partial charge in [-0.3, -0.25) is 9.69 Å². The Bertz CT molecular complexity index is 810. The van der Waals surface area contributed by atoms with Gasteiger partial charge in [0.05, 0.1) is 29.3 Å². The number of nitrogens with two attached hydrogens (primary N) is 1. The monoisotopic (exact) mass is 382 g/mol. The fourth-order valence-corrected chi connectivity index (χ4v) is 3.33. The lowest BCUT2D eigenvalue weighted by Crippen LogP contribution is -2.32. The third kappa shape index (κ3) is 4.23. The zero-order valence-electron chi connectivity index (χ0n) is 16.7. The number of fused-ring (bicyclic) bond motifs is 1. The molecule has 0 fully saturated rings. The highest BCUT2D eigenvalue weighted by Gasteiger charge is 2.26. The quantitative estimate of drug-likeness (QED) is 0.366. The molecule has 0 aliphatic carbocycles. The SMILES string of the molecule is CCC(CC)n1cc(C2=NC(/C(C=N)=C/NCCCN)=CN3NCC=C23)cn1. The van der Waals surface area contributed by atoms with E-state index in [4.69, 9.17) is 16.1 Å². The highest BCUT2D eigenvalue weighted by Crippen LogP contribution is 2.26. The second-order valence-electron chi connectivity index (χ2n) is 6.82. The van der Waals surface area contributed by atoms with Crippen LogP contribution in [0.3, 0.4) is 0 Å². The highest BCUT2D eigenvalue weighted by atomic mass is 15.5. The molecular formula is C20H30N8. The summed E-state index contributed by atoms with van der Waals surface area (Å²) in [5.74, 6) is 0. The summed E-state index contributed by atoms with van der Waals surface area (Å²) in [4.78, 5) is 4.88. The number of aliphatic imine (C=N–C) groups is 1. The summed E-state index contributed by atoms with van der Waals surface area (Å²) in [7, 11) is 0. The number of nitrogens with zero attached hydrogens (tertiary/aromatic N) is 4. The van der Waals surface area contributed by atoms with Crippen molar-refractivity contribution in [1.82, 2.24) is 25.5 Å². The van der Waals surface area contributed by atoms with Crippen molar-refractivity contribution in [3.8, 4) is 0 Å². The average Bonchev–Trinajstić information content (AvgIpc) is 3.38. The van der Waals surface area contributed by atoms with Crippen molar-refractivity contribution >= 4 is 11.9 Å². The summed E-state index contributed by atoms with van der Waals surface area (Å²) in [6.45, 7) is 6.51. The maximum absolute atomic E-state index is 7.81. The molecule has 0 saturated heterocycles. The summed E-state index contributed by atoms with van der Waals surface area (Å²) >= 11 is 0. The zero-order valence-corrected chi connectivity index (χ0v) is 16.7. The first-order valence-electron chi connectivity index (χ1n) is 9.94. The van der Waals surface area contributed by atoms with E-state index >= 15 is 0 Å². The van der Waals surface area contributed by atoms with Crippen molar-refractivity contribution in [2.24, 2.45) is 10.7 Å². The summed E-state index contributed by atoms with van der Waals surface area (Å²) < 4.78 is 2.03. The van der Waals surface area contributed by atoms with Gasteiger partial charge >= 0.3 is 0 Å². The van der Waals surface area contributed by atoms with E-state index in [-0.39, 0.29) is 0 Å². The van der Waals surface area contributed by atoms with Gasteiger partial charge in [0, 0.05) is 49.0 Å². The Labute approximate surface area is 166 Å². The van der Waals surface area contributed by atoms with Crippen molar-refractivity contribution in [2.75, 3.05) is 19.6 Å². The van der Waals surface area contributed by atoms with Gasteiger partial charge in [-0.15, -0.1) is 0 Å². The predicted octanol–water partition coefficient (Wildman–Crippen LogP) is 2.06. The van der Waals surface area contributed by atoms with Gasteiger partial charge < -0.3 is 16.5 Å². The van der Waals surface area contributed by atoms with Gasteiger partial charge in [0.15, 0.2) is 0 Å². The Balaban J connectivity index is 1.91. The van der Waals surface area contributed by atoms with Crippen molar-refractivity contribution in [3.05, 3.63) is 53.4 Å². The number of hydrazine groups is 1. The molecule has 0 radical (unpaired) electrons. The van der Waals surface area contributed by atoms with Gasteiger partial charge in [0.25, 0.3) is 0 Å². The lowest BCUT2D eigenvalue weighted by atomic mass is 10.1. The van der Waals surface area contributed by atoms with Gasteiger partial charge in [-0.1, -0.05) is 13.8 Å². The normalized spacial score (nSPS) is 16.6. The number of rotatable bonds is 10. The second kappa shape index (κ2) is 9.48. The molecule has 3 heterocycles. The van der Waals surface area contributed by atoms with E-state index in [0.29, 0.717) is 12.6 Å². The maximum atomic E-state index is 7.81. The Morgan fingerprint density at radius 2 is 2.25 bits per heavy atom. The van der Waals surface area contributed by atoms with Crippen LogP contribution >= 0.6 is 0 Å². The van der Waals surface area contributed by atoms with Gasteiger partial charge in [-0.05, 0) is 31.9 Å². The van der Waals surface area contributed by atoms with E-state index < -0.39 is 0 Å². The molecule has 0 atom stereocenters. The topological polar surface area (TPSA) is 107 Å². The summed E-state index contributed by atoms with van der Waals surface area (Å²) in [6, 6.07) is 0.392. The Morgan fingerprint density at radius 3 is 2.96 bits per heavy atom. The van der Waals surface area contributed by atoms with Crippen LogP contribution in [0.15, 0.2) is 52.8 Å². The Kier molecular flexibility index (Phi) is 6.78. The van der Waals surface area contributed by atoms with Crippen LogP contribution in [0.4, 0.5) is 0 Å². The minimum Gasteiger partial charge on any atom is -0.390 e. The number of hydrogen-bond donors (Lipinski definition) is 4. The van der Waals surface area contributed by atoms with E-state index in [1.54, 1.807) is 0 Å². The van der Waals surface area contributed by atoms with E-state index in [1.165, 1.54) is 6.21 Å². The number of allylic oxidation sites excluding steroid dienone is 2. The Morgan fingerprint density at radius 1 is 1.43 bits per heavy atom. The van der Waals surface area contributed by atoms with Crippen LogP contribution < -0.4 is 16.5 Å². The fraction of sp³-hybridized carbons (Fsp3) is 0.450. The summed E-state index contributed by atoms with van der Waals surface area (Å²) in [5.41, 5.74) is 13.2. The standard InChI is InChI=1S/C20H30N8/c1-3-17(4-2)27-13-16(12-25-27)20-19-6-9-24-28(19)14-18(26-20)15(10-22)11-23-8-5-7-21/h6,10-14,17,22-24H,3-5,7-9,21H2,1-2H3/b15-11+,22-10?. The third-order valence-corrected chi connectivity index (χ3v) is 4.97. The molecule has 150 valence electrons. The number of hydrogen-bond acceptors (Lipinski definition) is 7. The third-order valence-electron chi connectivity index (χ3n) is 4.97. The van der Waals surface area contributed by atoms with Gasteiger partial charge in [0.2, 0.25) is 0 Å². The fourth-order valence-electron chi connectivity index (χ4n) is 3.33. The molecule has 0 aromatic carbocycles. The van der Waals surface area contributed by atoms with Crippen LogP contribution in [0, 0.1) is 5.41 Å². The molecule has 28 heavy (non-hydrogen) atoms. The van der Waals surface area contributed by atoms with Crippen LogP contribution in [0.1, 0.15) is 44.7 Å². The molecule has 1 aromatic rings. The van der Waals surface area contributed by atoms with Crippen LogP contribution in [-0.4, -0.2) is 46.3 Å². The van der Waals surface area contributed by atoms with Crippen LogP contribution in [0.2, 0.25) is 0 Å². The van der Waals surface area contributed by atoms with Crippen molar-refractivity contribution in [1.29, 1.82) is 5.41 Å². The molecule has 5 N–H and O–H groups in total. The van der Waals surface area contributed by atoms with Gasteiger partial charge in [-0.2, -0.15) is 5.10 Å². The number of aromatic nitrogens is 2. The van der Waals surface area contributed by atoms with E-state index in [9.17, 15) is 0 Å². The van der Waals surface area contributed by atoms with Crippen LogP contribution in [0.5, 0.6) is 0 Å². The van der Waals surface area contributed by atoms with Crippen molar-refractivity contribution in [2.45, 2.75) is 39.2 Å². The van der Waals surface area contributed by atoms with Crippen LogP contribution in [0.25, 0.3) is 0 Å². The maximum Gasteiger partial charge on any atom is 0.0990 e. The van der Waals surface area contributed by atoms with Crippen molar-refractivity contribution < 1.29 is 0 Å². The molecule has 0 spiro atoms. The zero-order chi connectivity index (χ0) is 19.9. The van der Waals surface area contributed by atoms with E-state index in [0.717, 1.165) is 60.6 Å². The molecule has 1 aromatic heterocycles. The Hall–Kier alpha value is -2.71. The minimum absolute atomic E-state index is 0.392. The minimum atomic E-state index is 0.392. The largest absolute Gasteiger partial charge is 0.390 e. The molecule has 0 unspecified atom stereocenters. The van der Waals surface area contributed by atoms with E-state index in [2.05, 4.69) is 42.0 Å². The molecule has 2 aliphatic heterocycles. The average molecular weight is 383 g/mol. The summed E-state index contributed by atoms with van der Waals surface area (Å²) in [6.07, 6.45) is 14.1. The van der Waals surface area contributed by atoms with Gasteiger partial charge in [0.1, 0.15) is 0 Å². The first-order chi connectivity index (χ1) is 13.7. The molecular weight excluding hydrogens is 352 g/mol. The second-order valence-corrected chi connectivity index (χ2v) is 6.82. The first kappa shape index (κ1) is 20.0. The molecule has 0 saturated carbocycles. The first-order valence-corrected chi connectivity index (χ1v) is 9.94. The highest BCUT2D eigenvalue weighted by molar-refractivity contribution is 6.13. The number of nitrogens with one attached hydrogen (secondary N) is 3. The predicted molar refractivity (Wildman–Crippen MR) is 113 cm³/mol. The molecule has 3 rings (SSSR count). The molecule has 0 bridgehead atoms. The molecule has 8 nitrogen and oxygen atoms in total. The van der Waals surface area contributed by atoms with Gasteiger partial charge in [-0.25, -0.2) is 10.4 Å². The lowest BCUT2D eigenvalue weighted by molar-refractivity contribution is 0.397. The van der Waals surface area contributed by atoms with Crippen LogP contribution in [-0.2, 0) is 0 Å². The lowest BCUT2D eigenvalue weighted by Gasteiger charge is -2.24.